The zero-order valence-corrected chi connectivity index (χ0v) is 17.1. The Morgan fingerprint density at radius 2 is 2.11 bits per heavy atom. The first kappa shape index (κ1) is 23.2. The molecule has 27 heavy (non-hydrogen) atoms. The third kappa shape index (κ3) is 8.18. The predicted molar refractivity (Wildman–Crippen MR) is 109 cm³/mol. The Morgan fingerprint density at radius 1 is 1.33 bits per heavy atom. The molecule has 1 saturated heterocycles. The average Bonchev–Trinajstić information content (AvgIpc) is 2.62. The second kappa shape index (κ2) is 12.6. The molecule has 2 atom stereocenters. The Labute approximate surface area is 168 Å². The largest absolute Gasteiger partial charge is 0.494 e. The van der Waals surface area contributed by atoms with Gasteiger partial charge in [0.2, 0.25) is 11.8 Å². The van der Waals surface area contributed by atoms with Crippen LogP contribution < -0.4 is 20.7 Å². The van der Waals surface area contributed by atoms with Crippen LogP contribution in [0.2, 0.25) is 0 Å². The Kier molecular flexibility index (Phi) is 10.8. The van der Waals surface area contributed by atoms with Crippen molar-refractivity contribution in [3.8, 4) is 5.75 Å². The van der Waals surface area contributed by atoms with Gasteiger partial charge in [-0.15, -0.1) is 12.4 Å². The van der Waals surface area contributed by atoms with Gasteiger partial charge in [-0.2, -0.15) is 0 Å². The van der Waals surface area contributed by atoms with Crippen molar-refractivity contribution < 1.29 is 14.3 Å². The van der Waals surface area contributed by atoms with Crippen LogP contribution in [-0.2, 0) is 9.59 Å². The molecule has 1 heterocycles. The van der Waals surface area contributed by atoms with E-state index in [0.717, 1.165) is 25.1 Å². The van der Waals surface area contributed by atoms with E-state index in [1.807, 2.05) is 31.2 Å². The van der Waals surface area contributed by atoms with Crippen LogP contribution in [0.1, 0.15) is 51.1 Å². The van der Waals surface area contributed by atoms with E-state index >= 15 is 0 Å². The van der Waals surface area contributed by atoms with E-state index in [4.69, 9.17) is 4.74 Å². The van der Waals surface area contributed by atoms with Crippen LogP contribution in [0.25, 0.3) is 0 Å². The molecule has 0 spiro atoms. The number of carbonyl (C=O) groups excluding carboxylic acids is 2. The maximum absolute atomic E-state index is 12.4. The van der Waals surface area contributed by atoms with Crippen LogP contribution in [0.3, 0.4) is 0 Å². The number of benzene rings is 1. The van der Waals surface area contributed by atoms with Crippen LogP contribution in [0.15, 0.2) is 24.3 Å². The molecule has 0 saturated carbocycles. The molecule has 6 nitrogen and oxygen atoms in total. The van der Waals surface area contributed by atoms with Crippen molar-refractivity contribution in [3.05, 3.63) is 29.8 Å². The minimum atomic E-state index is -0.397. The van der Waals surface area contributed by atoms with Crippen LogP contribution in [-0.4, -0.2) is 38.1 Å². The normalized spacial score (nSPS) is 17.3. The summed E-state index contributed by atoms with van der Waals surface area (Å²) in [6, 6.07) is 7.14. The minimum Gasteiger partial charge on any atom is -0.494 e. The van der Waals surface area contributed by atoms with Gasteiger partial charge < -0.3 is 20.7 Å². The molecule has 1 aromatic rings. The summed E-state index contributed by atoms with van der Waals surface area (Å²) >= 11 is 0. The highest BCUT2D eigenvalue weighted by Gasteiger charge is 2.21. The fraction of sp³-hybridized carbons (Fsp3) is 0.600. The van der Waals surface area contributed by atoms with Gasteiger partial charge in [-0.05, 0) is 51.3 Å². The van der Waals surface area contributed by atoms with E-state index in [1.54, 1.807) is 0 Å². The summed E-state index contributed by atoms with van der Waals surface area (Å²) in [5, 5.41) is 9.26. The molecular formula is C20H32ClN3O3. The highest BCUT2D eigenvalue weighted by atomic mass is 35.5. The van der Waals surface area contributed by atoms with Crippen molar-refractivity contribution in [1.82, 2.24) is 16.0 Å². The number of hydrogen-bond donors (Lipinski definition) is 3. The van der Waals surface area contributed by atoms with Gasteiger partial charge in [0, 0.05) is 19.0 Å². The maximum Gasteiger partial charge on any atom is 0.222 e. The van der Waals surface area contributed by atoms with Crippen molar-refractivity contribution in [1.29, 1.82) is 0 Å². The second-order valence-electron chi connectivity index (χ2n) is 6.78. The molecule has 1 fully saturated rings. The van der Waals surface area contributed by atoms with Gasteiger partial charge in [-0.3, -0.25) is 9.59 Å². The molecule has 152 valence electrons. The first-order valence-electron chi connectivity index (χ1n) is 9.56. The van der Waals surface area contributed by atoms with Crippen molar-refractivity contribution in [2.24, 2.45) is 5.92 Å². The van der Waals surface area contributed by atoms with Crippen molar-refractivity contribution >= 4 is 24.2 Å². The third-order valence-corrected chi connectivity index (χ3v) is 4.63. The Hall–Kier alpha value is -1.79. The molecule has 1 aliphatic heterocycles. The molecule has 0 aliphatic carbocycles. The molecule has 7 heteroatoms. The maximum atomic E-state index is 12.4. The van der Waals surface area contributed by atoms with Crippen LogP contribution in [0.5, 0.6) is 5.75 Å². The van der Waals surface area contributed by atoms with E-state index in [1.165, 1.54) is 19.8 Å². The lowest BCUT2D eigenvalue weighted by atomic mass is 9.96. The van der Waals surface area contributed by atoms with Crippen molar-refractivity contribution in [3.63, 3.8) is 0 Å². The van der Waals surface area contributed by atoms with Crippen LogP contribution in [0, 0.1) is 5.92 Å². The summed E-state index contributed by atoms with van der Waals surface area (Å²) in [6.07, 6.45) is 3.61. The standard InChI is InChI=1S/C20H31N3O3.ClH/c1-3-26-19-9-5-4-8-17(19)18(23-15(2)24)13-20(25)22-12-10-16-7-6-11-21-14-16;/h4-5,8-9,16,18,21H,3,6-7,10-14H2,1-2H3,(H,22,25)(H,23,24);1H. The molecular weight excluding hydrogens is 366 g/mol. The molecule has 1 aromatic carbocycles. The van der Waals surface area contributed by atoms with Gasteiger partial charge in [0.15, 0.2) is 0 Å². The highest BCUT2D eigenvalue weighted by Crippen LogP contribution is 2.27. The fourth-order valence-corrected chi connectivity index (χ4v) is 3.38. The van der Waals surface area contributed by atoms with Gasteiger partial charge in [0.25, 0.3) is 0 Å². The molecule has 2 rings (SSSR count). The second-order valence-corrected chi connectivity index (χ2v) is 6.78. The van der Waals surface area contributed by atoms with Gasteiger partial charge in [-0.1, -0.05) is 18.2 Å². The van der Waals surface area contributed by atoms with Gasteiger partial charge in [-0.25, -0.2) is 0 Å². The molecule has 1 aliphatic rings. The first-order valence-corrected chi connectivity index (χ1v) is 9.56. The van der Waals surface area contributed by atoms with Crippen LogP contribution >= 0.6 is 12.4 Å². The van der Waals surface area contributed by atoms with E-state index in [0.29, 0.717) is 24.8 Å². The van der Waals surface area contributed by atoms with Gasteiger partial charge in [0.1, 0.15) is 5.75 Å². The minimum absolute atomic E-state index is 0. The van der Waals surface area contributed by atoms with E-state index in [-0.39, 0.29) is 30.6 Å². The van der Waals surface area contributed by atoms with Crippen molar-refractivity contribution in [2.75, 3.05) is 26.2 Å². The number of para-hydroxylation sites is 1. The predicted octanol–water partition coefficient (Wildman–Crippen LogP) is 2.58. The third-order valence-electron chi connectivity index (χ3n) is 4.63. The number of carbonyl (C=O) groups is 2. The smallest absolute Gasteiger partial charge is 0.222 e. The zero-order valence-electron chi connectivity index (χ0n) is 16.3. The topological polar surface area (TPSA) is 79.5 Å². The lowest BCUT2D eigenvalue weighted by Gasteiger charge is -2.23. The number of halogens is 1. The van der Waals surface area contributed by atoms with E-state index in [2.05, 4.69) is 16.0 Å². The van der Waals surface area contributed by atoms with Gasteiger partial charge >= 0.3 is 0 Å². The number of nitrogens with one attached hydrogen (secondary N) is 3. The first-order chi connectivity index (χ1) is 12.6. The summed E-state index contributed by atoms with van der Waals surface area (Å²) in [6.45, 7) is 6.71. The summed E-state index contributed by atoms with van der Waals surface area (Å²) < 4.78 is 5.65. The molecule has 2 amide bonds. The van der Waals surface area contributed by atoms with E-state index < -0.39 is 6.04 Å². The fourth-order valence-electron chi connectivity index (χ4n) is 3.38. The van der Waals surface area contributed by atoms with Crippen molar-refractivity contribution in [2.45, 2.75) is 45.6 Å². The van der Waals surface area contributed by atoms with Crippen LogP contribution in [0.4, 0.5) is 0 Å². The molecule has 0 radical (unpaired) electrons. The zero-order chi connectivity index (χ0) is 18.8. The Morgan fingerprint density at radius 3 is 2.78 bits per heavy atom. The molecule has 0 aromatic heterocycles. The summed E-state index contributed by atoms with van der Waals surface area (Å²) in [7, 11) is 0. The molecule has 0 bridgehead atoms. The Balaban J connectivity index is 0.00000364. The lowest BCUT2D eigenvalue weighted by molar-refractivity contribution is -0.122. The Bertz CT molecular complexity index is 592. The monoisotopic (exact) mass is 397 g/mol. The summed E-state index contributed by atoms with van der Waals surface area (Å²) in [4.78, 5) is 24.0. The van der Waals surface area contributed by atoms with E-state index in [9.17, 15) is 9.59 Å². The highest BCUT2D eigenvalue weighted by molar-refractivity contribution is 5.85. The summed E-state index contributed by atoms with van der Waals surface area (Å²) in [5.41, 5.74) is 0.830. The number of piperidine rings is 1. The number of rotatable bonds is 9. The number of amides is 2. The quantitative estimate of drug-likeness (QED) is 0.598. The molecule has 3 N–H and O–H groups in total. The number of hydrogen-bond acceptors (Lipinski definition) is 4. The average molecular weight is 398 g/mol. The SMILES string of the molecule is CCOc1ccccc1C(CC(=O)NCCC1CCCNC1)NC(C)=O.Cl. The lowest BCUT2D eigenvalue weighted by Crippen LogP contribution is -2.35. The van der Waals surface area contributed by atoms with Gasteiger partial charge in [0.05, 0.1) is 19.1 Å². The number of ether oxygens (including phenoxy) is 1. The summed E-state index contributed by atoms with van der Waals surface area (Å²) in [5.74, 6) is 1.12. The molecule has 2 unspecified atom stereocenters.